The number of phenolic OH excluding ortho intramolecular Hbond substituents is 2. The summed E-state index contributed by atoms with van der Waals surface area (Å²) >= 11 is 0. The van der Waals surface area contributed by atoms with E-state index < -0.39 is 29.2 Å². The molecule has 0 saturated heterocycles. The fourth-order valence-electron chi connectivity index (χ4n) is 13.8. The number of aromatic nitrogens is 1. The van der Waals surface area contributed by atoms with Gasteiger partial charge in [0.05, 0.1) is 30.9 Å². The van der Waals surface area contributed by atoms with Gasteiger partial charge in [0.2, 0.25) is 0 Å². The number of Topliss-reactive ketones (excluding diaryl/α,β-unsaturated/α-hetero) is 1. The van der Waals surface area contributed by atoms with E-state index in [4.69, 9.17) is 16.2 Å². The average molecular weight is 1080 g/mol. The number of rotatable bonds is 5. The van der Waals surface area contributed by atoms with E-state index in [-0.39, 0.29) is 66.9 Å². The number of aromatic hydroxyl groups is 2. The first-order valence-electron chi connectivity index (χ1n) is 27.8. The van der Waals surface area contributed by atoms with Crippen molar-refractivity contribution < 1.29 is 39.9 Å². The van der Waals surface area contributed by atoms with Gasteiger partial charge >= 0.3 is 0 Å². The molecule has 4 aromatic carbocycles. The number of aliphatic hydroxyl groups is 3. The van der Waals surface area contributed by atoms with Crippen LogP contribution in [0.2, 0.25) is 0 Å². The zero-order valence-electron chi connectivity index (χ0n) is 44.2. The number of hydrogen-bond donors (Lipinski definition) is 8. The standard InChI is InChI=1S/C64H75N3O8S2/c1-63(74)21-5-8-41-28-45(36-68)49-9-3-2-6-42(49)29-51(41)44(33-63)17-22-64-23-18-48(69)14-11-39-13-16-58(71)61(27-39)75-25-20-40-12-15-57(70)55(26-40)54-32-59(72)50-19-24-67-56(50)10-4-7-43-30-53(62(65)66)46(31-52(43)54)37-76-77-38-47(34-64)60(73)35-64/h2-3,6,9,12-13,15-16,18-19,23-24,26-27,30-31,41,44-45,47,51,54,60,62,67-68,70-71,73-74H,5,8,10-11,14,17,20-22,25,28-29,32-38,65-66H2,1H3. The van der Waals surface area contributed by atoms with Crippen LogP contribution in [0.3, 0.4) is 0 Å². The number of ketones is 2. The van der Waals surface area contributed by atoms with Gasteiger partial charge in [0.1, 0.15) is 5.75 Å². The molecule has 5 aliphatic rings. The highest BCUT2D eigenvalue weighted by Gasteiger charge is 2.46. The minimum Gasteiger partial charge on any atom is -0.508 e. The van der Waals surface area contributed by atoms with Gasteiger partial charge in [-0.25, -0.2) is 0 Å². The average Bonchev–Trinajstić information content (AvgIpc) is 3.97. The first-order chi connectivity index (χ1) is 37.1. The summed E-state index contributed by atoms with van der Waals surface area (Å²) in [6.07, 6.45) is 13.8. The number of nitrogens with two attached hydrogens (primary N) is 2. The van der Waals surface area contributed by atoms with Gasteiger partial charge in [-0.3, -0.25) is 9.59 Å². The number of hydrogen-bond acceptors (Lipinski definition) is 12. The Balaban J connectivity index is 0.977. The predicted molar refractivity (Wildman–Crippen MR) is 306 cm³/mol. The number of H-pyrrole nitrogens is 1. The number of phenols is 2. The molecular weight excluding hydrogens is 1000 g/mol. The van der Waals surface area contributed by atoms with Crippen LogP contribution in [0, 0.1) is 40.9 Å². The molecule has 4 aliphatic carbocycles. The molecule has 0 radical (unpaired) electrons. The van der Waals surface area contributed by atoms with Gasteiger partial charge < -0.3 is 46.7 Å². The normalized spacial score (nSPS) is 28.2. The Labute approximate surface area is 461 Å². The van der Waals surface area contributed by atoms with Crippen molar-refractivity contribution in [2.75, 3.05) is 19.0 Å². The van der Waals surface area contributed by atoms with Crippen molar-refractivity contribution in [3.8, 4) is 29.1 Å². The van der Waals surface area contributed by atoms with E-state index in [9.17, 15) is 35.1 Å². The summed E-state index contributed by atoms with van der Waals surface area (Å²) < 4.78 is 6.21. The van der Waals surface area contributed by atoms with Gasteiger partial charge in [0.25, 0.3) is 0 Å². The second kappa shape index (κ2) is 24.0. The third-order valence-electron chi connectivity index (χ3n) is 17.9. The molecule has 10 N–H and O–H groups in total. The second-order valence-corrected chi connectivity index (χ2v) is 25.8. The lowest BCUT2D eigenvalue weighted by Crippen LogP contribution is -2.37. The molecule has 11 nitrogen and oxygen atoms in total. The number of nitrogens with one attached hydrogen (secondary N) is 1. The number of allylic oxidation sites excluding steroid dienone is 2. The first kappa shape index (κ1) is 55.0. The molecule has 406 valence electrons. The van der Waals surface area contributed by atoms with E-state index in [0.717, 1.165) is 78.5 Å². The summed E-state index contributed by atoms with van der Waals surface area (Å²) in [5.74, 6) is 8.50. The molecular formula is C64H75N3O8S2. The van der Waals surface area contributed by atoms with Crippen LogP contribution in [0.1, 0.15) is 162 Å². The summed E-state index contributed by atoms with van der Waals surface area (Å²) in [5, 5.41) is 57.3. The number of aryl methyl sites for hydroxylation is 1. The van der Waals surface area contributed by atoms with Crippen molar-refractivity contribution in [3.63, 3.8) is 0 Å². The van der Waals surface area contributed by atoms with E-state index in [0.29, 0.717) is 84.3 Å². The SMILES string of the molecule is CC1(O)CCCC2CC(CO)c3ccccc3CC2C(CCC23C=CC(=O)CCc4ccc(O)c(c4)OCCc4ccc(O)c(c4)C4CC(=O)c5cc[nH]c5CC#Cc5cc(C(N)N)c(cc54)CSSCC(C2)C(O)C3)C1. The van der Waals surface area contributed by atoms with Gasteiger partial charge in [-0.15, -0.1) is 0 Å². The van der Waals surface area contributed by atoms with Crippen LogP contribution in [-0.4, -0.2) is 72.8 Å². The lowest BCUT2D eigenvalue weighted by Gasteiger charge is -2.41. The van der Waals surface area contributed by atoms with Gasteiger partial charge in [0.15, 0.2) is 23.1 Å². The summed E-state index contributed by atoms with van der Waals surface area (Å²) in [6.45, 7) is 2.32. The zero-order chi connectivity index (χ0) is 53.8. The van der Waals surface area contributed by atoms with Crippen molar-refractivity contribution in [1.29, 1.82) is 0 Å². The third kappa shape index (κ3) is 12.8. The Morgan fingerprint density at radius 2 is 1.69 bits per heavy atom. The maximum Gasteiger partial charge on any atom is 0.165 e. The second-order valence-electron chi connectivity index (χ2n) is 23.3. The molecule has 2 heterocycles. The molecule has 0 amide bonds. The number of aromatic amines is 1. The fraction of sp³-hybridized carbons (Fsp3) is 0.469. The van der Waals surface area contributed by atoms with E-state index in [1.54, 1.807) is 58.1 Å². The van der Waals surface area contributed by atoms with Crippen molar-refractivity contribution >= 4 is 33.2 Å². The Morgan fingerprint density at radius 3 is 2.52 bits per heavy atom. The van der Waals surface area contributed by atoms with Crippen LogP contribution >= 0.6 is 21.6 Å². The molecule has 10 rings (SSSR count). The number of carbonyl (C=O) groups excluding carboxylic acids is 2. The Kier molecular flexibility index (Phi) is 17.1. The molecule has 9 atom stereocenters. The quantitative estimate of drug-likeness (QED) is 0.0469. The minimum atomic E-state index is -0.814. The molecule has 2 saturated carbocycles. The van der Waals surface area contributed by atoms with Crippen LogP contribution < -0.4 is 16.2 Å². The smallest absolute Gasteiger partial charge is 0.165 e. The zero-order valence-corrected chi connectivity index (χ0v) is 45.9. The Morgan fingerprint density at radius 1 is 0.870 bits per heavy atom. The van der Waals surface area contributed by atoms with Crippen LogP contribution in [-0.2, 0) is 36.2 Å². The van der Waals surface area contributed by atoms with Gasteiger partial charge in [-0.05, 0) is 169 Å². The maximum absolute atomic E-state index is 14.3. The topological polar surface area (TPSA) is 212 Å². The molecule has 2 fully saturated rings. The molecule has 5 aromatic rings. The number of fused-ring (bicyclic) bond motifs is 11. The largest absolute Gasteiger partial charge is 0.508 e. The lowest BCUT2D eigenvalue weighted by atomic mass is 9.65. The molecule has 0 spiro atoms. The van der Waals surface area contributed by atoms with Crippen LogP contribution in [0.4, 0.5) is 0 Å². The fourth-order valence-corrected chi connectivity index (χ4v) is 16.3. The van der Waals surface area contributed by atoms with Gasteiger partial charge in [-0.2, -0.15) is 0 Å². The number of benzene rings is 4. The molecule has 1 aliphatic heterocycles. The van der Waals surface area contributed by atoms with Crippen molar-refractivity contribution in [3.05, 3.63) is 159 Å². The number of ether oxygens (including phenoxy) is 1. The van der Waals surface area contributed by atoms with Crippen molar-refractivity contribution in [2.24, 2.45) is 40.6 Å². The predicted octanol–water partition coefficient (Wildman–Crippen LogP) is 10.7. The molecule has 9 unspecified atom stereocenters. The molecule has 8 bridgehead atoms. The van der Waals surface area contributed by atoms with Crippen LogP contribution in [0.15, 0.2) is 97.2 Å². The highest BCUT2D eigenvalue weighted by molar-refractivity contribution is 8.76. The van der Waals surface area contributed by atoms with Crippen LogP contribution in [0.25, 0.3) is 0 Å². The van der Waals surface area contributed by atoms with E-state index in [1.165, 1.54) is 11.1 Å². The van der Waals surface area contributed by atoms with E-state index >= 15 is 0 Å². The van der Waals surface area contributed by atoms with Crippen LogP contribution in [0.5, 0.6) is 17.2 Å². The van der Waals surface area contributed by atoms with Gasteiger partial charge in [-0.1, -0.05) is 101 Å². The summed E-state index contributed by atoms with van der Waals surface area (Å²) in [6, 6.07) is 25.0. The first-order valence-corrected chi connectivity index (χ1v) is 30.3. The van der Waals surface area contributed by atoms with Gasteiger partial charge in [0, 0.05) is 77.8 Å². The van der Waals surface area contributed by atoms with Crippen molar-refractivity contribution in [2.45, 2.75) is 139 Å². The monoisotopic (exact) mass is 1080 g/mol. The van der Waals surface area contributed by atoms with E-state index in [1.807, 2.05) is 31.2 Å². The summed E-state index contributed by atoms with van der Waals surface area (Å²) in [5.41, 5.74) is 21.1. The van der Waals surface area contributed by atoms with E-state index in [2.05, 4.69) is 53.2 Å². The Hall–Kier alpha value is -5.30. The highest BCUT2D eigenvalue weighted by atomic mass is 33.1. The number of carbonyl (C=O) groups is 2. The Bertz CT molecular complexity index is 3050. The van der Waals surface area contributed by atoms with Crippen molar-refractivity contribution in [1.82, 2.24) is 4.98 Å². The molecule has 13 heteroatoms. The summed E-state index contributed by atoms with van der Waals surface area (Å²) in [7, 11) is 3.36. The maximum atomic E-state index is 14.3. The molecule has 77 heavy (non-hydrogen) atoms. The molecule has 1 aromatic heterocycles. The number of aliphatic hydroxyl groups excluding tert-OH is 2. The minimum absolute atomic E-state index is 0.0102. The lowest BCUT2D eigenvalue weighted by molar-refractivity contribution is -0.114. The third-order valence-corrected chi connectivity index (χ3v) is 20.3. The summed E-state index contributed by atoms with van der Waals surface area (Å²) in [4.78, 5) is 31.5. The highest BCUT2D eigenvalue weighted by Crippen LogP contribution is 2.53.